The molecule has 3 aromatic rings. The zero-order valence-corrected chi connectivity index (χ0v) is 21.9. The van der Waals surface area contributed by atoms with Gasteiger partial charge in [0.05, 0.1) is 12.3 Å². The minimum Gasteiger partial charge on any atom is -0.494 e. The van der Waals surface area contributed by atoms with Crippen molar-refractivity contribution in [2.45, 2.75) is 45.7 Å². The van der Waals surface area contributed by atoms with E-state index in [1.165, 1.54) is 29.2 Å². The Bertz CT molecular complexity index is 1280. The van der Waals surface area contributed by atoms with Crippen molar-refractivity contribution in [3.8, 4) is 5.75 Å². The highest BCUT2D eigenvalue weighted by Crippen LogP contribution is 2.34. The first-order valence-corrected chi connectivity index (χ1v) is 12.4. The number of carbonyl (C=O) groups is 3. The zero-order chi connectivity index (χ0) is 27.3. The number of nitrogens with one attached hydrogen (secondary N) is 1. The van der Waals surface area contributed by atoms with Gasteiger partial charge in [0, 0.05) is 11.2 Å². The molecule has 3 rings (SSSR count). The number of nitrogen functional groups attached to an aromatic ring is 1. The highest BCUT2D eigenvalue weighted by Gasteiger charge is 2.37. The minimum absolute atomic E-state index is 0.0726. The molecule has 0 aliphatic heterocycles. The van der Waals surface area contributed by atoms with Crippen molar-refractivity contribution in [2.75, 3.05) is 17.2 Å². The number of aromatic nitrogens is 1. The smallest absolute Gasteiger partial charge is 0.273 e. The van der Waals surface area contributed by atoms with Crippen molar-refractivity contribution in [1.82, 2.24) is 9.69 Å². The van der Waals surface area contributed by atoms with E-state index in [1.807, 2.05) is 27.7 Å². The van der Waals surface area contributed by atoms with Crippen molar-refractivity contribution in [3.05, 3.63) is 70.5 Å². The van der Waals surface area contributed by atoms with Gasteiger partial charge in [-0.1, -0.05) is 19.1 Å². The first kappa shape index (κ1) is 27.6. The number of primary amides is 1. The van der Waals surface area contributed by atoms with Crippen LogP contribution in [0.15, 0.2) is 48.5 Å². The maximum atomic E-state index is 14.0. The van der Waals surface area contributed by atoms with Crippen LogP contribution >= 0.6 is 11.5 Å². The van der Waals surface area contributed by atoms with Gasteiger partial charge in [-0.3, -0.25) is 19.3 Å². The van der Waals surface area contributed by atoms with Gasteiger partial charge in [-0.05, 0) is 80.7 Å². The van der Waals surface area contributed by atoms with Gasteiger partial charge < -0.3 is 21.5 Å². The van der Waals surface area contributed by atoms with Crippen LogP contribution in [0.1, 0.15) is 65.9 Å². The molecule has 3 amide bonds. The summed E-state index contributed by atoms with van der Waals surface area (Å²) in [6.07, 6.45) is 0.628. The van der Waals surface area contributed by atoms with E-state index in [4.69, 9.17) is 16.2 Å². The Hall–Kier alpha value is -3.99. The summed E-state index contributed by atoms with van der Waals surface area (Å²) in [5, 5.41) is 2.99. The first-order valence-electron chi connectivity index (χ1n) is 11.7. The molecule has 1 unspecified atom stereocenters. The molecule has 0 radical (unpaired) electrons. The van der Waals surface area contributed by atoms with E-state index >= 15 is 0 Å². The third-order valence-electron chi connectivity index (χ3n) is 5.84. The number of nitrogens with zero attached hydrogens (tertiary/aromatic N) is 2. The number of carbonyl (C=O) groups excluding carboxylic acids is 3. The van der Waals surface area contributed by atoms with Gasteiger partial charge >= 0.3 is 0 Å². The number of anilines is 2. The largest absolute Gasteiger partial charge is 0.494 e. The number of rotatable bonds is 10. The third kappa shape index (κ3) is 6.23. The third-order valence-corrected chi connectivity index (χ3v) is 6.69. The van der Waals surface area contributed by atoms with Crippen molar-refractivity contribution in [1.29, 1.82) is 0 Å². The lowest BCUT2D eigenvalue weighted by Crippen LogP contribution is -2.50. The molecule has 0 aliphatic rings. The number of hydrogen-bond donors (Lipinski definition) is 3. The molecule has 1 heterocycles. The summed E-state index contributed by atoms with van der Waals surface area (Å²) >= 11 is 0.697. The fourth-order valence-electron chi connectivity index (χ4n) is 3.54. The van der Waals surface area contributed by atoms with E-state index in [9.17, 15) is 18.8 Å². The van der Waals surface area contributed by atoms with E-state index in [-0.39, 0.29) is 21.9 Å². The number of benzene rings is 2. The van der Waals surface area contributed by atoms with E-state index in [0.717, 1.165) is 0 Å². The van der Waals surface area contributed by atoms with E-state index < -0.39 is 35.1 Å². The molecule has 5 N–H and O–H groups in total. The highest BCUT2D eigenvalue weighted by atomic mass is 32.1. The fraction of sp³-hybridized carbons (Fsp3) is 0.308. The Labute approximate surface area is 218 Å². The summed E-state index contributed by atoms with van der Waals surface area (Å²) < 4.78 is 23.3. The quantitative estimate of drug-likeness (QED) is 0.363. The molecule has 1 aromatic heterocycles. The van der Waals surface area contributed by atoms with Crippen molar-refractivity contribution < 1.29 is 23.5 Å². The van der Waals surface area contributed by atoms with E-state index in [2.05, 4.69) is 9.69 Å². The average Bonchev–Trinajstić information content (AvgIpc) is 3.25. The van der Waals surface area contributed by atoms with Gasteiger partial charge in [-0.2, -0.15) is 4.37 Å². The van der Waals surface area contributed by atoms with Crippen molar-refractivity contribution in [2.24, 2.45) is 5.73 Å². The van der Waals surface area contributed by atoms with Crippen LogP contribution in [-0.4, -0.2) is 34.2 Å². The monoisotopic (exact) mass is 527 g/mol. The summed E-state index contributed by atoms with van der Waals surface area (Å²) in [4.78, 5) is 40.7. The summed E-state index contributed by atoms with van der Waals surface area (Å²) in [6.45, 7) is 7.97. The maximum Gasteiger partial charge on any atom is 0.273 e. The lowest BCUT2D eigenvalue weighted by molar-refractivity contribution is -0.124. The van der Waals surface area contributed by atoms with Crippen molar-refractivity contribution >= 4 is 40.6 Å². The second kappa shape index (κ2) is 11.4. The molecule has 196 valence electrons. The van der Waals surface area contributed by atoms with E-state index in [0.29, 0.717) is 35.9 Å². The second-order valence-corrected chi connectivity index (χ2v) is 9.69. The Kier molecular flexibility index (Phi) is 8.49. The summed E-state index contributed by atoms with van der Waals surface area (Å²) in [7, 11) is 0. The standard InChI is InChI=1S/C26H30FN5O4S/c1-5-26(3,4)30-24(34)21(15-7-13-18(14-8-15)36-6-2)32(17-11-9-16(27)10-12-17)25(35)22-19(28)20(23(29)33)31-37-22/h7-14,21H,5-6,28H2,1-4H3,(H2,29,33)(H,30,34). The normalized spacial score (nSPS) is 12.0. The molecule has 0 saturated heterocycles. The predicted octanol–water partition coefficient (Wildman–Crippen LogP) is 4.05. The number of nitrogens with two attached hydrogens (primary N) is 2. The molecular weight excluding hydrogens is 497 g/mol. The Balaban J connectivity index is 2.21. The van der Waals surface area contributed by atoms with Gasteiger partial charge in [0.15, 0.2) is 5.69 Å². The molecule has 37 heavy (non-hydrogen) atoms. The van der Waals surface area contributed by atoms with Crippen LogP contribution in [0.2, 0.25) is 0 Å². The molecule has 11 heteroatoms. The molecule has 0 fully saturated rings. The van der Waals surface area contributed by atoms with Gasteiger partial charge in [0.25, 0.3) is 11.8 Å². The molecule has 2 aromatic carbocycles. The van der Waals surface area contributed by atoms with Crippen LogP contribution in [0.3, 0.4) is 0 Å². The summed E-state index contributed by atoms with van der Waals surface area (Å²) in [6, 6.07) is 10.7. The lowest BCUT2D eigenvalue weighted by Gasteiger charge is -2.34. The fourth-order valence-corrected chi connectivity index (χ4v) is 4.29. The van der Waals surface area contributed by atoms with Gasteiger partial charge in [-0.15, -0.1) is 0 Å². The van der Waals surface area contributed by atoms with Crippen LogP contribution < -0.4 is 26.4 Å². The van der Waals surface area contributed by atoms with Crippen LogP contribution in [0.5, 0.6) is 5.75 Å². The van der Waals surface area contributed by atoms with Gasteiger partial charge in [0.1, 0.15) is 22.5 Å². The maximum absolute atomic E-state index is 14.0. The number of hydrogen-bond acceptors (Lipinski definition) is 7. The topological polar surface area (TPSA) is 141 Å². The first-order chi connectivity index (χ1) is 17.5. The van der Waals surface area contributed by atoms with Gasteiger partial charge in [0.2, 0.25) is 5.91 Å². The molecule has 9 nitrogen and oxygen atoms in total. The number of halogens is 1. The molecule has 0 spiro atoms. The molecule has 1 atom stereocenters. The van der Waals surface area contributed by atoms with Crippen LogP contribution in [0.25, 0.3) is 0 Å². The number of ether oxygens (including phenoxy) is 1. The highest BCUT2D eigenvalue weighted by molar-refractivity contribution is 7.09. The lowest BCUT2D eigenvalue weighted by atomic mass is 9.98. The van der Waals surface area contributed by atoms with Crippen LogP contribution in [-0.2, 0) is 4.79 Å². The average molecular weight is 528 g/mol. The predicted molar refractivity (Wildman–Crippen MR) is 141 cm³/mol. The molecule has 0 aliphatic carbocycles. The Morgan fingerprint density at radius 2 is 1.73 bits per heavy atom. The Morgan fingerprint density at radius 3 is 2.24 bits per heavy atom. The summed E-state index contributed by atoms with van der Waals surface area (Å²) in [5.41, 5.74) is 11.1. The van der Waals surface area contributed by atoms with Gasteiger partial charge in [-0.25, -0.2) is 4.39 Å². The Morgan fingerprint density at radius 1 is 1.11 bits per heavy atom. The van der Waals surface area contributed by atoms with E-state index in [1.54, 1.807) is 24.3 Å². The SMILES string of the molecule is CCOc1ccc(C(C(=O)NC(C)(C)CC)N(C(=O)c2snc(C(N)=O)c2N)c2ccc(F)cc2)cc1. The second-order valence-electron chi connectivity index (χ2n) is 8.92. The zero-order valence-electron chi connectivity index (χ0n) is 21.1. The number of amides is 3. The molecular formula is C26H30FN5O4S. The van der Waals surface area contributed by atoms with Crippen molar-refractivity contribution in [3.63, 3.8) is 0 Å². The van der Waals surface area contributed by atoms with Crippen LogP contribution in [0, 0.1) is 5.82 Å². The molecule has 0 bridgehead atoms. The molecule has 0 saturated carbocycles. The summed E-state index contributed by atoms with van der Waals surface area (Å²) in [5.74, 6) is -1.97. The van der Waals surface area contributed by atoms with Crippen LogP contribution in [0.4, 0.5) is 15.8 Å². The minimum atomic E-state index is -1.18.